The van der Waals surface area contributed by atoms with E-state index in [0.29, 0.717) is 0 Å². The highest BCUT2D eigenvalue weighted by Crippen LogP contribution is 2.36. The molecule has 0 radical (unpaired) electrons. The molecule has 6 atom stereocenters. The molecule has 1 fully saturated rings. The molecule has 226 valence electrons. The average Bonchev–Trinajstić information content (AvgIpc) is 3.22. The van der Waals surface area contributed by atoms with Crippen LogP contribution in [0.5, 0.6) is 11.5 Å². The first kappa shape index (κ1) is 32.4. The summed E-state index contributed by atoms with van der Waals surface area (Å²) in [4.78, 5) is 52.1. The highest BCUT2D eigenvalue weighted by molar-refractivity contribution is 6.36. The van der Waals surface area contributed by atoms with E-state index in [1.807, 2.05) is 0 Å². The van der Waals surface area contributed by atoms with Crippen molar-refractivity contribution < 1.29 is 32.9 Å². The molecule has 4 N–H and O–H groups in total. The first-order valence-electron chi connectivity index (χ1n) is 12.9. The van der Waals surface area contributed by atoms with Crippen LogP contribution in [-0.2, 0) is 25.5 Å². The fraction of sp³-hybridized carbons (Fsp3) is 0.538. The van der Waals surface area contributed by atoms with E-state index in [0.717, 1.165) is 4.57 Å². The van der Waals surface area contributed by atoms with Gasteiger partial charge in [-0.05, 0) is 25.3 Å². The maximum absolute atomic E-state index is 15.8. The summed E-state index contributed by atoms with van der Waals surface area (Å²) < 4.78 is 38.6. The SMILES string of the molecule is CCc1cn([C@@H]2O[C@H](CNC(=O)[C@@H](C)Oc3cc(OC)c(Cl)cc3Cl)[C@@H](OC(=O)[C@@H](N)C(C)C)[C@@H]2F)c(=O)[nH]c1=O. The molecule has 1 aromatic heterocycles. The van der Waals surface area contributed by atoms with E-state index in [-0.39, 0.29) is 46.0 Å². The Balaban J connectivity index is 1.80. The zero-order valence-corrected chi connectivity index (χ0v) is 24.6. The van der Waals surface area contributed by atoms with Crippen LogP contribution in [0, 0.1) is 5.92 Å². The lowest BCUT2D eigenvalue weighted by Crippen LogP contribution is -2.47. The number of nitrogens with two attached hydrogens (primary N) is 1. The first-order valence-corrected chi connectivity index (χ1v) is 13.6. The van der Waals surface area contributed by atoms with Gasteiger partial charge in [-0.15, -0.1) is 0 Å². The van der Waals surface area contributed by atoms with E-state index in [9.17, 15) is 19.2 Å². The van der Waals surface area contributed by atoms with Crippen LogP contribution in [0.15, 0.2) is 27.9 Å². The summed E-state index contributed by atoms with van der Waals surface area (Å²) in [5.41, 5.74) is 4.58. The summed E-state index contributed by atoms with van der Waals surface area (Å²) in [7, 11) is 1.41. The van der Waals surface area contributed by atoms with Crippen molar-refractivity contribution in [2.75, 3.05) is 13.7 Å². The standard InChI is InChI=1S/C26H33Cl2FN4O8/c1-6-13-10-33(26(37)32-23(13)35)24-19(29)21(41-25(36)20(30)11(2)3)18(40-24)9-31-22(34)12(4)39-17-8-16(38-5)14(27)7-15(17)28/h7-8,10-12,18-21,24H,6,9,30H2,1-5H3,(H,31,34)(H,32,35,37)/t12-,18-,19+,20+,21-,24-/m1/s1. The van der Waals surface area contributed by atoms with Gasteiger partial charge in [-0.2, -0.15) is 0 Å². The van der Waals surface area contributed by atoms with Crippen LogP contribution in [0.25, 0.3) is 0 Å². The summed E-state index contributed by atoms with van der Waals surface area (Å²) in [6.45, 7) is 6.21. The van der Waals surface area contributed by atoms with E-state index in [1.165, 1.54) is 32.4 Å². The molecule has 1 amide bonds. The Hall–Kier alpha value is -3.13. The summed E-state index contributed by atoms with van der Waals surface area (Å²) in [5.74, 6) is -1.39. The number of esters is 1. The molecule has 1 saturated heterocycles. The number of hydrogen-bond acceptors (Lipinski definition) is 9. The van der Waals surface area contributed by atoms with Crippen LogP contribution in [0.1, 0.15) is 39.5 Å². The summed E-state index contributed by atoms with van der Waals surface area (Å²) in [5, 5.41) is 2.97. The molecule has 1 aromatic carbocycles. The molecule has 0 saturated carbocycles. The third kappa shape index (κ3) is 7.39. The van der Waals surface area contributed by atoms with Crippen molar-refractivity contribution in [2.45, 2.75) is 70.9 Å². The molecule has 1 aliphatic rings. The maximum atomic E-state index is 15.8. The predicted molar refractivity (Wildman–Crippen MR) is 148 cm³/mol. The molecule has 2 aromatic rings. The number of nitrogens with zero attached hydrogens (tertiary/aromatic N) is 1. The third-order valence-electron chi connectivity index (χ3n) is 6.56. The topological polar surface area (TPSA) is 164 Å². The van der Waals surface area contributed by atoms with Gasteiger partial charge in [0.25, 0.3) is 11.5 Å². The van der Waals surface area contributed by atoms with Crippen molar-refractivity contribution in [1.82, 2.24) is 14.9 Å². The smallest absolute Gasteiger partial charge is 0.330 e. The molecule has 0 aliphatic carbocycles. The minimum absolute atomic E-state index is 0.134. The zero-order chi connectivity index (χ0) is 30.6. The van der Waals surface area contributed by atoms with Crippen LogP contribution >= 0.6 is 23.2 Å². The fourth-order valence-electron chi connectivity index (χ4n) is 4.02. The second-order valence-corrected chi connectivity index (χ2v) is 10.6. The zero-order valence-electron chi connectivity index (χ0n) is 23.1. The molecular weight excluding hydrogens is 586 g/mol. The second kappa shape index (κ2) is 13.7. The van der Waals surface area contributed by atoms with Crippen molar-refractivity contribution >= 4 is 35.1 Å². The molecule has 2 heterocycles. The highest BCUT2D eigenvalue weighted by Gasteiger charge is 2.49. The molecule has 41 heavy (non-hydrogen) atoms. The summed E-state index contributed by atoms with van der Waals surface area (Å²) >= 11 is 12.2. The summed E-state index contributed by atoms with van der Waals surface area (Å²) in [6.07, 6.45) is -5.98. The van der Waals surface area contributed by atoms with Crippen molar-refractivity contribution in [3.05, 3.63) is 54.8 Å². The molecule has 15 heteroatoms. The van der Waals surface area contributed by atoms with Gasteiger partial charge in [-0.1, -0.05) is 44.0 Å². The van der Waals surface area contributed by atoms with Gasteiger partial charge in [0.1, 0.15) is 23.6 Å². The van der Waals surface area contributed by atoms with Crippen LogP contribution < -0.4 is 31.8 Å². The quantitative estimate of drug-likeness (QED) is 0.320. The molecule has 0 spiro atoms. The Kier molecular flexibility index (Phi) is 10.8. The Morgan fingerprint density at radius 3 is 2.46 bits per heavy atom. The van der Waals surface area contributed by atoms with Gasteiger partial charge in [-0.25, -0.2) is 9.18 Å². The van der Waals surface area contributed by atoms with Crippen LogP contribution in [0.4, 0.5) is 4.39 Å². The number of hydrogen-bond donors (Lipinski definition) is 3. The van der Waals surface area contributed by atoms with Gasteiger partial charge >= 0.3 is 11.7 Å². The number of methoxy groups -OCH3 is 1. The van der Waals surface area contributed by atoms with E-state index in [2.05, 4.69) is 10.3 Å². The minimum atomic E-state index is -2.04. The lowest BCUT2D eigenvalue weighted by Gasteiger charge is -2.23. The van der Waals surface area contributed by atoms with E-state index < -0.39 is 59.9 Å². The first-order chi connectivity index (χ1) is 19.3. The number of halogens is 3. The van der Waals surface area contributed by atoms with Gasteiger partial charge in [0.2, 0.25) is 0 Å². The molecular formula is C26H33Cl2FN4O8. The lowest BCUT2D eigenvalue weighted by atomic mass is 10.1. The number of H-pyrrole nitrogens is 1. The molecule has 1 aliphatic heterocycles. The van der Waals surface area contributed by atoms with Crippen molar-refractivity contribution in [2.24, 2.45) is 11.7 Å². The number of carbonyl (C=O) groups excluding carboxylic acids is 2. The van der Waals surface area contributed by atoms with Crippen LogP contribution in [0.2, 0.25) is 10.0 Å². The second-order valence-electron chi connectivity index (χ2n) is 9.78. The Morgan fingerprint density at radius 2 is 1.85 bits per heavy atom. The van der Waals surface area contributed by atoms with Crippen molar-refractivity contribution in [3.63, 3.8) is 0 Å². The number of alkyl halides is 1. The van der Waals surface area contributed by atoms with Gasteiger partial charge in [0.05, 0.1) is 17.2 Å². The van der Waals surface area contributed by atoms with Crippen LogP contribution in [0.3, 0.4) is 0 Å². The number of rotatable bonds is 11. The largest absolute Gasteiger partial charge is 0.495 e. The number of nitrogens with one attached hydrogen (secondary N) is 2. The van der Waals surface area contributed by atoms with Gasteiger partial charge in [0.15, 0.2) is 24.6 Å². The Labute approximate surface area is 245 Å². The van der Waals surface area contributed by atoms with Crippen molar-refractivity contribution in [1.29, 1.82) is 0 Å². The Bertz CT molecular complexity index is 1380. The maximum Gasteiger partial charge on any atom is 0.330 e. The number of aryl methyl sites for hydroxylation is 1. The van der Waals surface area contributed by atoms with Crippen LogP contribution in [-0.4, -0.2) is 65.6 Å². The Morgan fingerprint density at radius 1 is 1.20 bits per heavy atom. The number of ether oxygens (including phenoxy) is 4. The lowest BCUT2D eigenvalue weighted by molar-refractivity contribution is -0.156. The minimum Gasteiger partial charge on any atom is -0.495 e. The van der Waals surface area contributed by atoms with Gasteiger partial charge < -0.3 is 30.0 Å². The predicted octanol–water partition coefficient (Wildman–Crippen LogP) is 2.13. The summed E-state index contributed by atoms with van der Waals surface area (Å²) in [6, 6.07) is 1.78. The van der Waals surface area contributed by atoms with E-state index in [1.54, 1.807) is 20.8 Å². The fourth-order valence-corrected chi connectivity index (χ4v) is 4.53. The number of aromatic nitrogens is 2. The number of carbonyl (C=O) groups is 2. The van der Waals surface area contributed by atoms with Gasteiger partial charge in [-0.3, -0.25) is 23.9 Å². The monoisotopic (exact) mass is 618 g/mol. The molecule has 0 bridgehead atoms. The highest BCUT2D eigenvalue weighted by atomic mass is 35.5. The van der Waals surface area contributed by atoms with Gasteiger partial charge in [0, 0.05) is 24.4 Å². The number of benzene rings is 1. The molecule has 3 rings (SSSR count). The number of amides is 1. The normalized spacial score (nSPS) is 21.8. The molecule has 0 unspecified atom stereocenters. The number of aromatic amines is 1. The molecule has 12 nitrogen and oxygen atoms in total. The third-order valence-corrected chi connectivity index (χ3v) is 7.15. The van der Waals surface area contributed by atoms with Crippen molar-refractivity contribution in [3.8, 4) is 11.5 Å². The van der Waals surface area contributed by atoms with E-state index in [4.69, 9.17) is 47.9 Å². The average molecular weight is 619 g/mol. The van der Waals surface area contributed by atoms with E-state index >= 15 is 4.39 Å².